The van der Waals surface area contributed by atoms with Gasteiger partial charge in [0.1, 0.15) is 0 Å². The van der Waals surface area contributed by atoms with Gasteiger partial charge in [-0.15, -0.1) is 0 Å². The Morgan fingerprint density at radius 2 is 1.86 bits per heavy atom. The fourth-order valence-electron chi connectivity index (χ4n) is 5.39. The number of amides is 1. The summed E-state index contributed by atoms with van der Waals surface area (Å²) in [6, 6.07) is 18.3. The molecular formula is C28H28Cl2N2O3. The lowest BCUT2D eigenvalue weighted by molar-refractivity contribution is -0.160. The first-order valence-electron chi connectivity index (χ1n) is 11.7. The van der Waals surface area contributed by atoms with E-state index < -0.39 is 11.4 Å². The van der Waals surface area contributed by atoms with Crippen LogP contribution in [0.1, 0.15) is 67.8 Å². The normalized spacial score (nSPS) is 23.2. The fourth-order valence-corrected chi connectivity index (χ4v) is 5.71. The number of carboxylic acid groups (broad SMARTS) is 1. The second-order valence-corrected chi connectivity index (χ2v) is 10.3. The first-order chi connectivity index (χ1) is 16.7. The van der Waals surface area contributed by atoms with Crippen molar-refractivity contribution in [3.8, 4) is 0 Å². The van der Waals surface area contributed by atoms with Crippen molar-refractivity contribution < 1.29 is 14.7 Å². The van der Waals surface area contributed by atoms with Gasteiger partial charge in [-0.05, 0) is 59.9 Å². The summed E-state index contributed by atoms with van der Waals surface area (Å²) in [6.07, 6.45) is 4.25. The monoisotopic (exact) mass is 510 g/mol. The number of aliphatic carboxylic acids is 1. The van der Waals surface area contributed by atoms with Crippen LogP contribution in [-0.4, -0.2) is 26.9 Å². The molecule has 0 spiro atoms. The molecule has 1 aliphatic heterocycles. The van der Waals surface area contributed by atoms with Crippen molar-refractivity contribution in [3.63, 3.8) is 0 Å². The predicted octanol–water partition coefficient (Wildman–Crippen LogP) is 7.08. The molecule has 3 aromatic rings. The smallest absolute Gasteiger partial charge is 0.304 e. The van der Waals surface area contributed by atoms with Gasteiger partial charge in [0.25, 0.3) is 0 Å². The minimum Gasteiger partial charge on any atom is -0.481 e. The molecule has 0 bridgehead atoms. The van der Waals surface area contributed by atoms with E-state index in [9.17, 15) is 14.7 Å². The van der Waals surface area contributed by atoms with Crippen LogP contribution in [0.4, 0.5) is 0 Å². The molecule has 0 unspecified atom stereocenters. The maximum atomic E-state index is 14.2. The highest BCUT2D eigenvalue weighted by Crippen LogP contribution is 2.54. The average molecular weight is 511 g/mol. The maximum Gasteiger partial charge on any atom is 0.304 e. The van der Waals surface area contributed by atoms with Gasteiger partial charge in [0.2, 0.25) is 5.91 Å². The van der Waals surface area contributed by atoms with Crippen LogP contribution < -0.4 is 0 Å². The molecule has 4 rings (SSSR count). The zero-order valence-electron chi connectivity index (χ0n) is 19.7. The largest absolute Gasteiger partial charge is 0.481 e. The molecule has 0 aliphatic carbocycles. The highest BCUT2D eigenvalue weighted by atomic mass is 35.5. The van der Waals surface area contributed by atoms with Crippen LogP contribution in [0.3, 0.4) is 0 Å². The Hall–Kier alpha value is -2.89. The number of hydrogen-bond acceptors (Lipinski definition) is 3. The van der Waals surface area contributed by atoms with Gasteiger partial charge < -0.3 is 10.0 Å². The topological polar surface area (TPSA) is 70.5 Å². The number of rotatable bonds is 7. The van der Waals surface area contributed by atoms with Gasteiger partial charge in [-0.25, -0.2) is 0 Å². The molecule has 2 aromatic carbocycles. The van der Waals surface area contributed by atoms with Crippen molar-refractivity contribution in [2.45, 2.75) is 51.1 Å². The highest BCUT2D eigenvalue weighted by Gasteiger charge is 2.52. The molecule has 5 nitrogen and oxygen atoms in total. The summed E-state index contributed by atoms with van der Waals surface area (Å²) in [5.41, 5.74) is 1.73. The Kier molecular flexibility index (Phi) is 7.48. The van der Waals surface area contributed by atoms with Crippen LogP contribution in [0.15, 0.2) is 73.1 Å². The number of likely N-dealkylation sites (tertiary alicyclic amines) is 1. The minimum absolute atomic E-state index is 0.172. The number of halogens is 2. The Bertz CT molecular complexity index is 1200. The van der Waals surface area contributed by atoms with E-state index >= 15 is 0 Å². The lowest BCUT2D eigenvalue weighted by atomic mass is 9.66. The summed E-state index contributed by atoms with van der Waals surface area (Å²) in [5.74, 6) is -1.35. The summed E-state index contributed by atoms with van der Waals surface area (Å²) >= 11 is 12.6. The molecule has 0 saturated carbocycles. The van der Waals surface area contributed by atoms with Crippen LogP contribution in [0, 0.1) is 5.41 Å². The lowest BCUT2D eigenvalue weighted by Crippen LogP contribution is -2.53. The maximum absolute atomic E-state index is 14.2. The Labute approximate surface area is 215 Å². The number of nitrogens with zero attached hydrogens (tertiary/aromatic N) is 2. The molecule has 4 atom stereocenters. The molecule has 1 fully saturated rings. The van der Waals surface area contributed by atoms with Gasteiger partial charge in [0.05, 0.1) is 23.9 Å². The number of aromatic nitrogens is 1. The number of benzene rings is 2. The molecule has 0 radical (unpaired) electrons. The van der Waals surface area contributed by atoms with E-state index in [0.29, 0.717) is 22.9 Å². The van der Waals surface area contributed by atoms with E-state index in [4.69, 9.17) is 23.2 Å². The zero-order chi connectivity index (χ0) is 25.2. The van der Waals surface area contributed by atoms with Gasteiger partial charge in [-0.1, -0.05) is 67.4 Å². The molecule has 1 saturated heterocycles. The van der Waals surface area contributed by atoms with Crippen LogP contribution >= 0.6 is 23.2 Å². The van der Waals surface area contributed by atoms with Gasteiger partial charge in [-0.2, -0.15) is 0 Å². The van der Waals surface area contributed by atoms with E-state index in [1.807, 2.05) is 72.5 Å². The Morgan fingerprint density at radius 1 is 1.11 bits per heavy atom. The fraction of sp³-hybridized carbons (Fsp3) is 0.321. The summed E-state index contributed by atoms with van der Waals surface area (Å²) < 4.78 is 0. The molecule has 1 N–H and O–H groups in total. The van der Waals surface area contributed by atoms with Crippen molar-refractivity contribution in [3.05, 3.63) is 99.8 Å². The predicted molar refractivity (Wildman–Crippen MR) is 137 cm³/mol. The second-order valence-electron chi connectivity index (χ2n) is 9.42. The quantitative estimate of drug-likeness (QED) is 0.368. The van der Waals surface area contributed by atoms with Crippen molar-refractivity contribution in [2.75, 3.05) is 0 Å². The Morgan fingerprint density at radius 3 is 2.46 bits per heavy atom. The molecule has 1 aromatic heterocycles. The summed E-state index contributed by atoms with van der Waals surface area (Å²) in [7, 11) is 0. The second kappa shape index (κ2) is 10.4. The van der Waals surface area contributed by atoms with Gasteiger partial charge in [0.15, 0.2) is 0 Å². The Balaban J connectivity index is 1.95. The third-order valence-electron chi connectivity index (χ3n) is 6.92. The first kappa shape index (κ1) is 25.2. The molecule has 2 heterocycles. The van der Waals surface area contributed by atoms with E-state index in [1.165, 1.54) is 0 Å². The van der Waals surface area contributed by atoms with Crippen molar-refractivity contribution in [1.82, 2.24) is 9.88 Å². The molecular weight excluding hydrogens is 483 g/mol. The molecule has 1 amide bonds. The van der Waals surface area contributed by atoms with Crippen LogP contribution in [0.5, 0.6) is 0 Å². The van der Waals surface area contributed by atoms with Crippen LogP contribution in [0.25, 0.3) is 0 Å². The van der Waals surface area contributed by atoms with Crippen molar-refractivity contribution >= 4 is 35.1 Å². The van der Waals surface area contributed by atoms with Gasteiger partial charge in [-0.3, -0.25) is 14.6 Å². The minimum atomic E-state index is -1.09. The number of carbonyl (C=O) groups is 2. The van der Waals surface area contributed by atoms with Crippen molar-refractivity contribution in [1.29, 1.82) is 0 Å². The zero-order valence-corrected chi connectivity index (χ0v) is 21.2. The van der Waals surface area contributed by atoms with Gasteiger partial charge >= 0.3 is 5.97 Å². The number of piperidine rings is 1. The third kappa shape index (κ3) is 5.21. The van der Waals surface area contributed by atoms with E-state index in [1.54, 1.807) is 19.3 Å². The SMILES string of the molecule is CC[C@H](c1cccnc1)N1C(=O)[C@](C)(CC(=O)O)C[C@H](c2cccc(Cl)c2)[C@H]1c1ccc(Cl)cc1. The van der Waals surface area contributed by atoms with Crippen molar-refractivity contribution in [2.24, 2.45) is 5.41 Å². The molecule has 35 heavy (non-hydrogen) atoms. The molecule has 7 heteroatoms. The van der Waals surface area contributed by atoms with Gasteiger partial charge in [0, 0.05) is 28.4 Å². The van der Waals surface area contributed by atoms with E-state index in [2.05, 4.69) is 4.98 Å². The first-order valence-corrected chi connectivity index (χ1v) is 12.4. The van der Waals surface area contributed by atoms with Crippen LogP contribution in [0.2, 0.25) is 10.0 Å². The molecule has 182 valence electrons. The summed E-state index contributed by atoms with van der Waals surface area (Å²) in [5, 5.41) is 11.0. The number of carbonyl (C=O) groups excluding carboxylic acids is 1. The highest BCUT2D eigenvalue weighted by molar-refractivity contribution is 6.30. The average Bonchev–Trinajstić information content (AvgIpc) is 2.83. The molecule has 1 aliphatic rings. The van der Waals surface area contributed by atoms with Crippen LogP contribution in [-0.2, 0) is 9.59 Å². The van der Waals surface area contributed by atoms with E-state index in [-0.39, 0.29) is 30.3 Å². The summed E-state index contributed by atoms with van der Waals surface area (Å²) in [6.45, 7) is 3.80. The number of carboxylic acids is 1. The number of hydrogen-bond donors (Lipinski definition) is 1. The standard InChI is InChI=1S/C28H28Cl2N2O3/c1-3-24(20-7-5-13-31-17-20)32-26(18-9-11-21(29)12-10-18)23(19-6-4-8-22(30)14-19)15-28(2,27(32)35)16-25(33)34/h4-14,17,23-24,26H,3,15-16H2,1-2H3,(H,33,34)/t23-,24-,26-,28+/m1/s1. The third-order valence-corrected chi connectivity index (χ3v) is 7.41. The van der Waals surface area contributed by atoms with E-state index in [0.717, 1.165) is 16.7 Å². The summed E-state index contributed by atoms with van der Waals surface area (Å²) in [4.78, 5) is 32.3. The number of pyridine rings is 1. The lowest BCUT2D eigenvalue weighted by Gasteiger charge is -2.52.